The molecule has 44 heavy (non-hydrogen) atoms. The molecule has 9 rings (SSSR count). The predicted octanol–water partition coefficient (Wildman–Crippen LogP) is 10.6. The molecule has 0 N–H and O–H groups in total. The molecule has 0 amide bonds. The molecule has 9 aromatic rings. The summed E-state index contributed by atoms with van der Waals surface area (Å²) in [4.78, 5) is 4.90. The third kappa shape index (κ3) is 3.73. The summed E-state index contributed by atoms with van der Waals surface area (Å²) < 4.78 is 4.74. The fourth-order valence-electron chi connectivity index (χ4n) is 6.80. The number of pyridine rings is 1. The van der Waals surface area contributed by atoms with Crippen molar-refractivity contribution >= 4 is 43.7 Å². The van der Waals surface area contributed by atoms with Crippen molar-refractivity contribution in [1.29, 1.82) is 0 Å². The van der Waals surface area contributed by atoms with Crippen molar-refractivity contribution in [3.05, 3.63) is 164 Å². The van der Waals surface area contributed by atoms with E-state index in [4.69, 9.17) is 4.98 Å². The third-order valence-electron chi connectivity index (χ3n) is 8.78. The van der Waals surface area contributed by atoms with Crippen molar-refractivity contribution in [1.82, 2.24) is 14.1 Å². The van der Waals surface area contributed by atoms with Gasteiger partial charge in [0.05, 0.1) is 27.6 Å². The van der Waals surface area contributed by atoms with Crippen LogP contribution in [-0.4, -0.2) is 14.1 Å². The zero-order chi connectivity index (χ0) is 29.0. The van der Waals surface area contributed by atoms with Gasteiger partial charge >= 0.3 is 0 Å². The minimum atomic E-state index is 1.02. The smallest absolute Gasteiger partial charge is 0.0969 e. The number of hydrogen-bond donors (Lipinski definition) is 0. The summed E-state index contributed by atoms with van der Waals surface area (Å²) in [5.41, 5.74) is 12.8. The molecule has 3 heteroatoms. The Morgan fingerprint density at radius 3 is 1.73 bits per heavy atom. The highest BCUT2D eigenvalue weighted by Gasteiger charge is 2.19. The fourth-order valence-corrected chi connectivity index (χ4v) is 6.80. The van der Waals surface area contributed by atoms with Gasteiger partial charge in [0.15, 0.2) is 0 Å². The Balaban J connectivity index is 1.27. The Bertz CT molecular complexity index is 2470. The molecule has 6 aromatic carbocycles. The van der Waals surface area contributed by atoms with Gasteiger partial charge in [0.2, 0.25) is 0 Å². The second-order valence-corrected chi connectivity index (χ2v) is 11.2. The highest BCUT2D eigenvalue weighted by atomic mass is 15.0. The van der Waals surface area contributed by atoms with Crippen LogP contribution in [0.4, 0.5) is 0 Å². The Hall–Kier alpha value is -5.93. The highest BCUT2D eigenvalue weighted by molar-refractivity contribution is 6.14. The van der Waals surface area contributed by atoms with E-state index in [1.54, 1.807) is 0 Å². The first kappa shape index (κ1) is 24.6. The maximum absolute atomic E-state index is 4.90. The normalized spacial score (nSPS) is 11.6. The van der Waals surface area contributed by atoms with Gasteiger partial charge in [-0.1, -0.05) is 103 Å². The molecule has 0 saturated heterocycles. The van der Waals surface area contributed by atoms with E-state index in [0.29, 0.717) is 0 Å². The molecule has 0 aliphatic rings. The molecule has 0 atom stereocenters. The predicted molar refractivity (Wildman–Crippen MR) is 184 cm³/mol. The second-order valence-electron chi connectivity index (χ2n) is 11.2. The summed E-state index contributed by atoms with van der Waals surface area (Å²) in [6.45, 7) is 0. The third-order valence-corrected chi connectivity index (χ3v) is 8.78. The lowest BCUT2D eigenvalue weighted by molar-refractivity contribution is 1.17. The average molecular weight is 562 g/mol. The number of fused-ring (bicyclic) bond motifs is 6. The molecule has 3 heterocycles. The quantitative estimate of drug-likeness (QED) is 0.210. The zero-order valence-corrected chi connectivity index (χ0v) is 23.9. The lowest BCUT2D eigenvalue weighted by Gasteiger charge is -2.12. The van der Waals surface area contributed by atoms with Crippen LogP contribution in [0, 0.1) is 0 Å². The maximum atomic E-state index is 4.90. The van der Waals surface area contributed by atoms with Crippen LogP contribution in [0.3, 0.4) is 0 Å². The first-order valence-corrected chi connectivity index (χ1v) is 15.0. The van der Waals surface area contributed by atoms with E-state index in [9.17, 15) is 0 Å². The standard InChI is InChI=1S/C41H27N3/c1-3-11-28(12-4-1)29-19-22-32(23-20-29)43-37-17-9-7-15-34(37)36-27-30(21-24-39(36)43)33-25-26-42-40-35-16-8-10-18-38(35)44(41(33)40)31-13-5-2-6-14-31/h1-27H. The molecule has 3 aromatic heterocycles. The van der Waals surface area contributed by atoms with E-state index < -0.39 is 0 Å². The Labute approximate surface area is 254 Å². The van der Waals surface area contributed by atoms with Crippen LogP contribution in [0.25, 0.3) is 77.4 Å². The van der Waals surface area contributed by atoms with Gasteiger partial charge in [0, 0.05) is 39.3 Å². The first-order valence-electron chi connectivity index (χ1n) is 15.0. The Morgan fingerprint density at radius 2 is 0.955 bits per heavy atom. The van der Waals surface area contributed by atoms with Gasteiger partial charge in [-0.05, 0) is 71.3 Å². The van der Waals surface area contributed by atoms with Gasteiger partial charge in [0.1, 0.15) is 0 Å². The van der Waals surface area contributed by atoms with Crippen LogP contribution < -0.4 is 0 Å². The molecule has 0 aliphatic carbocycles. The molecule has 0 radical (unpaired) electrons. The number of nitrogens with zero attached hydrogens (tertiary/aromatic N) is 3. The van der Waals surface area contributed by atoms with E-state index in [1.165, 1.54) is 44.1 Å². The van der Waals surface area contributed by atoms with Crippen LogP contribution in [0.5, 0.6) is 0 Å². The summed E-state index contributed by atoms with van der Waals surface area (Å²) in [6.07, 6.45) is 1.95. The van der Waals surface area contributed by atoms with E-state index in [-0.39, 0.29) is 0 Å². The number of aromatic nitrogens is 3. The highest BCUT2D eigenvalue weighted by Crippen LogP contribution is 2.40. The Morgan fingerprint density at radius 1 is 0.386 bits per heavy atom. The van der Waals surface area contributed by atoms with E-state index in [0.717, 1.165) is 33.3 Å². The summed E-state index contributed by atoms with van der Waals surface area (Å²) in [5, 5.41) is 3.63. The molecule has 3 nitrogen and oxygen atoms in total. The number of rotatable bonds is 4. The van der Waals surface area contributed by atoms with Crippen molar-refractivity contribution in [3.8, 4) is 33.6 Å². The first-order chi connectivity index (χ1) is 21.8. The SMILES string of the molecule is c1ccc(-c2ccc(-n3c4ccccc4c4cc(-c5ccnc6c7ccccc7n(-c7ccccc7)c56)ccc43)cc2)cc1. The molecule has 0 unspecified atom stereocenters. The van der Waals surface area contributed by atoms with Crippen LogP contribution in [0.2, 0.25) is 0 Å². The minimum absolute atomic E-state index is 1.02. The average Bonchev–Trinajstić information content (AvgIpc) is 3.62. The maximum Gasteiger partial charge on any atom is 0.0969 e. The van der Waals surface area contributed by atoms with Gasteiger partial charge in [-0.25, -0.2) is 0 Å². The van der Waals surface area contributed by atoms with Gasteiger partial charge in [-0.3, -0.25) is 4.98 Å². The second kappa shape index (κ2) is 9.82. The van der Waals surface area contributed by atoms with Crippen molar-refractivity contribution in [2.45, 2.75) is 0 Å². The molecule has 0 fully saturated rings. The van der Waals surface area contributed by atoms with Crippen molar-refractivity contribution < 1.29 is 0 Å². The molecule has 0 aliphatic heterocycles. The monoisotopic (exact) mass is 561 g/mol. The van der Waals surface area contributed by atoms with Crippen LogP contribution in [0.15, 0.2) is 164 Å². The van der Waals surface area contributed by atoms with E-state index in [1.807, 2.05) is 6.20 Å². The van der Waals surface area contributed by atoms with Crippen LogP contribution in [-0.2, 0) is 0 Å². The molecule has 0 saturated carbocycles. The molecular formula is C41H27N3. The zero-order valence-electron chi connectivity index (χ0n) is 23.9. The van der Waals surface area contributed by atoms with Crippen LogP contribution >= 0.6 is 0 Å². The van der Waals surface area contributed by atoms with Gasteiger partial charge in [0.25, 0.3) is 0 Å². The molecule has 206 valence electrons. The van der Waals surface area contributed by atoms with Gasteiger partial charge in [-0.2, -0.15) is 0 Å². The fraction of sp³-hybridized carbons (Fsp3) is 0. The molecule has 0 bridgehead atoms. The van der Waals surface area contributed by atoms with Crippen molar-refractivity contribution in [2.24, 2.45) is 0 Å². The van der Waals surface area contributed by atoms with E-state index in [2.05, 4.69) is 167 Å². The summed E-state index contributed by atoms with van der Waals surface area (Å²) >= 11 is 0. The molecular weight excluding hydrogens is 534 g/mol. The summed E-state index contributed by atoms with van der Waals surface area (Å²) in [5.74, 6) is 0. The summed E-state index contributed by atoms with van der Waals surface area (Å²) in [6, 6.07) is 56.4. The van der Waals surface area contributed by atoms with Gasteiger partial charge in [-0.15, -0.1) is 0 Å². The van der Waals surface area contributed by atoms with Crippen molar-refractivity contribution in [2.75, 3.05) is 0 Å². The van der Waals surface area contributed by atoms with Crippen molar-refractivity contribution in [3.63, 3.8) is 0 Å². The summed E-state index contributed by atoms with van der Waals surface area (Å²) in [7, 11) is 0. The number of para-hydroxylation sites is 3. The van der Waals surface area contributed by atoms with Crippen LogP contribution in [0.1, 0.15) is 0 Å². The molecule has 0 spiro atoms. The lowest BCUT2D eigenvalue weighted by atomic mass is 10.0. The lowest BCUT2D eigenvalue weighted by Crippen LogP contribution is -1.96. The van der Waals surface area contributed by atoms with Gasteiger partial charge < -0.3 is 9.13 Å². The number of hydrogen-bond acceptors (Lipinski definition) is 1. The largest absolute Gasteiger partial charge is 0.309 e. The Kier molecular flexibility index (Phi) is 5.50. The number of benzene rings is 6. The topological polar surface area (TPSA) is 22.8 Å². The van der Waals surface area contributed by atoms with E-state index >= 15 is 0 Å². The minimum Gasteiger partial charge on any atom is -0.309 e.